The molecule has 1 aliphatic rings. The van der Waals surface area contributed by atoms with E-state index >= 15 is 0 Å². The van der Waals surface area contributed by atoms with Crippen LogP contribution in [-0.2, 0) is 11.2 Å². The standard InChI is InChI=1S/C19H26N2O2.ClH/c1-12-6-7-21(16(8-12)10-20)18(22)9-15-11-23-19-14(3)13(2)4-5-17(15)19;/h4-5,11-12,16H,6-10,20H2,1-3H3;1H. The molecule has 2 atom stereocenters. The van der Waals surface area contributed by atoms with Gasteiger partial charge in [-0.15, -0.1) is 12.4 Å². The number of benzene rings is 1. The second-order valence-corrected chi connectivity index (χ2v) is 6.93. The lowest BCUT2D eigenvalue weighted by Gasteiger charge is -2.38. The molecule has 1 aromatic carbocycles. The van der Waals surface area contributed by atoms with Gasteiger partial charge in [-0.25, -0.2) is 0 Å². The number of rotatable bonds is 3. The molecule has 0 radical (unpaired) electrons. The van der Waals surface area contributed by atoms with Crippen LogP contribution >= 0.6 is 12.4 Å². The summed E-state index contributed by atoms with van der Waals surface area (Å²) in [5, 5.41) is 1.05. The molecule has 132 valence electrons. The lowest BCUT2D eigenvalue weighted by atomic mass is 9.92. The van der Waals surface area contributed by atoms with Gasteiger partial charge in [0, 0.05) is 30.1 Å². The van der Waals surface area contributed by atoms with Crippen molar-refractivity contribution >= 4 is 29.3 Å². The predicted molar refractivity (Wildman–Crippen MR) is 99.6 cm³/mol. The van der Waals surface area contributed by atoms with Crippen LogP contribution in [0.3, 0.4) is 0 Å². The second-order valence-electron chi connectivity index (χ2n) is 6.93. The van der Waals surface area contributed by atoms with E-state index in [2.05, 4.69) is 32.9 Å². The minimum absolute atomic E-state index is 0. The van der Waals surface area contributed by atoms with E-state index in [1.54, 1.807) is 6.26 Å². The van der Waals surface area contributed by atoms with E-state index < -0.39 is 0 Å². The molecule has 0 saturated carbocycles. The van der Waals surface area contributed by atoms with Crippen molar-refractivity contribution in [3.63, 3.8) is 0 Å². The molecular weight excluding hydrogens is 324 g/mol. The molecule has 0 aliphatic carbocycles. The monoisotopic (exact) mass is 350 g/mol. The maximum atomic E-state index is 12.8. The van der Waals surface area contributed by atoms with E-state index in [1.165, 1.54) is 5.56 Å². The number of amides is 1. The molecule has 24 heavy (non-hydrogen) atoms. The van der Waals surface area contributed by atoms with Crippen LogP contribution in [0.5, 0.6) is 0 Å². The number of fused-ring (bicyclic) bond motifs is 1. The number of carbonyl (C=O) groups is 1. The molecule has 4 nitrogen and oxygen atoms in total. The van der Waals surface area contributed by atoms with Crippen LogP contribution < -0.4 is 5.73 Å². The highest BCUT2D eigenvalue weighted by atomic mass is 35.5. The van der Waals surface area contributed by atoms with Crippen LogP contribution in [0.4, 0.5) is 0 Å². The van der Waals surface area contributed by atoms with Gasteiger partial charge in [-0.3, -0.25) is 4.79 Å². The Balaban J connectivity index is 0.00000208. The van der Waals surface area contributed by atoms with Gasteiger partial charge in [-0.1, -0.05) is 19.1 Å². The Morgan fingerprint density at radius 3 is 2.83 bits per heavy atom. The molecule has 2 N–H and O–H groups in total. The number of hydrogen-bond donors (Lipinski definition) is 1. The number of hydrogen-bond acceptors (Lipinski definition) is 3. The van der Waals surface area contributed by atoms with Crippen molar-refractivity contribution < 1.29 is 9.21 Å². The van der Waals surface area contributed by atoms with Crippen molar-refractivity contribution in [1.82, 2.24) is 4.90 Å². The average molecular weight is 351 g/mol. The molecule has 3 rings (SSSR count). The van der Waals surface area contributed by atoms with E-state index in [4.69, 9.17) is 10.2 Å². The van der Waals surface area contributed by atoms with Crippen molar-refractivity contribution in [2.45, 2.75) is 46.1 Å². The molecule has 2 aromatic rings. The number of halogens is 1. The fourth-order valence-electron chi connectivity index (χ4n) is 3.59. The van der Waals surface area contributed by atoms with Gasteiger partial charge in [-0.2, -0.15) is 0 Å². The first-order valence-electron chi connectivity index (χ1n) is 8.47. The SMILES string of the molecule is Cc1ccc2c(CC(=O)N3CCC(C)CC3CN)coc2c1C.Cl. The molecular formula is C19H27ClN2O2. The third-order valence-corrected chi connectivity index (χ3v) is 5.25. The average Bonchev–Trinajstić information content (AvgIpc) is 2.94. The van der Waals surface area contributed by atoms with Gasteiger partial charge in [0.1, 0.15) is 5.58 Å². The lowest BCUT2D eigenvalue weighted by Crippen LogP contribution is -2.49. The normalized spacial score (nSPS) is 20.9. The van der Waals surface area contributed by atoms with Crippen molar-refractivity contribution in [1.29, 1.82) is 0 Å². The van der Waals surface area contributed by atoms with Crippen LogP contribution in [0.1, 0.15) is 36.5 Å². The molecule has 1 saturated heterocycles. The zero-order valence-corrected chi connectivity index (χ0v) is 15.5. The number of aryl methyl sites for hydroxylation is 2. The summed E-state index contributed by atoms with van der Waals surface area (Å²) in [4.78, 5) is 14.7. The van der Waals surface area contributed by atoms with E-state index in [-0.39, 0.29) is 24.4 Å². The summed E-state index contributed by atoms with van der Waals surface area (Å²) >= 11 is 0. The fourth-order valence-corrected chi connectivity index (χ4v) is 3.59. The molecule has 1 fully saturated rings. The van der Waals surface area contributed by atoms with E-state index in [1.807, 2.05) is 4.90 Å². The Labute approximate surface area is 149 Å². The summed E-state index contributed by atoms with van der Waals surface area (Å²) < 4.78 is 5.72. The van der Waals surface area contributed by atoms with Gasteiger partial charge in [0.05, 0.1) is 12.7 Å². The molecule has 5 heteroatoms. The molecule has 0 bridgehead atoms. The molecule has 1 aliphatic heterocycles. The van der Waals surface area contributed by atoms with Gasteiger partial charge >= 0.3 is 0 Å². The predicted octanol–water partition coefficient (Wildman–Crippen LogP) is 3.60. The van der Waals surface area contributed by atoms with Gasteiger partial charge in [0.25, 0.3) is 0 Å². The number of furan rings is 1. The number of carbonyl (C=O) groups excluding carboxylic acids is 1. The first kappa shape index (κ1) is 18.8. The fraction of sp³-hybridized carbons (Fsp3) is 0.526. The molecule has 2 heterocycles. The Bertz CT molecular complexity index is 725. The van der Waals surface area contributed by atoms with E-state index in [9.17, 15) is 4.79 Å². The van der Waals surface area contributed by atoms with Crippen LogP contribution in [0.25, 0.3) is 11.0 Å². The topological polar surface area (TPSA) is 59.5 Å². The highest BCUT2D eigenvalue weighted by molar-refractivity contribution is 5.89. The smallest absolute Gasteiger partial charge is 0.227 e. The van der Waals surface area contributed by atoms with Gasteiger partial charge in [0.15, 0.2) is 0 Å². The molecule has 1 aromatic heterocycles. The first-order chi connectivity index (χ1) is 11.0. The third-order valence-electron chi connectivity index (χ3n) is 5.25. The third kappa shape index (κ3) is 3.45. The number of likely N-dealkylation sites (tertiary alicyclic amines) is 1. The van der Waals surface area contributed by atoms with E-state index in [0.29, 0.717) is 18.9 Å². The van der Waals surface area contributed by atoms with Gasteiger partial charge < -0.3 is 15.1 Å². The van der Waals surface area contributed by atoms with Crippen molar-refractivity contribution in [2.24, 2.45) is 11.7 Å². The minimum atomic E-state index is 0. The minimum Gasteiger partial charge on any atom is -0.464 e. The number of piperidine rings is 1. The maximum Gasteiger partial charge on any atom is 0.227 e. The highest BCUT2D eigenvalue weighted by Crippen LogP contribution is 2.28. The Hall–Kier alpha value is -1.52. The largest absolute Gasteiger partial charge is 0.464 e. The number of nitrogens with two attached hydrogens (primary N) is 1. The summed E-state index contributed by atoms with van der Waals surface area (Å²) in [6.07, 6.45) is 4.19. The molecule has 1 amide bonds. The van der Waals surface area contributed by atoms with Crippen molar-refractivity contribution in [3.8, 4) is 0 Å². The summed E-state index contributed by atoms with van der Waals surface area (Å²) in [6.45, 7) is 7.72. The van der Waals surface area contributed by atoms with Gasteiger partial charge in [0.2, 0.25) is 5.91 Å². The summed E-state index contributed by atoms with van der Waals surface area (Å²) in [7, 11) is 0. The lowest BCUT2D eigenvalue weighted by molar-refractivity contribution is -0.134. The van der Waals surface area contributed by atoms with E-state index in [0.717, 1.165) is 41.5 Å². The Kier molecular flexibility index (Phi) is 5.94. The molecule has 2 unspecified atom stereocenters. The number of nitrogens with zero attached hydrogens (tertiary/aromatic N) is 1. The zero-order chi connectivity index (χ0) is 16.6. The van der Waals surface area contributed by atoms with Crippen molar-refractivity contribution in [3.05, 3.63) is 35.1 Å². The van der Waals surface area contributed by atoms with Crippen LogP contribution in [0.2, 0.25) is 0 Å². The highest BCUT2D eigenvalue weighted by Gasteiger charge is 2.29. The Morgan fingerprint density at radius 1 is 1.38 bits per heavy atom. The summed E-state index contributed by atoms with van der Waals surface area (Å²) in [6, 6.07) is 4.32. The quantitative estimate of drug-likeness (QED) is 0.920. The van der Waals surface area contributed by atoms with Crippen LogP contribution in [-0.4, -0.2) is 29.9 Å². The first-order valence-corrected chi connectivity index (χ1v) is 8.47. The summed E-state index contributed by atoms with van der Waals surface area (Å²) in [5.74, 6) is 0.807. The van der Waals surface area contributed by atoms with Crippen molar-refractivity contribution in [2.75, 3.05) is 13.1 Å². The Morgan fingerprint density at radius 2 is 2.12 bits per heavy atom. The zero-order valence-electron chi connectivity index (χ0n) is 14.7. The van der Waals surface area contributed by atoms with Crippen LogP contribution in [0, 0.1) is 19.8 Å². The van der Waals surface area contributed by atoms with Crippen LogP contribution in [0.15, 0.2) is 22.8 Å². The maximum absolute atomic E-state index is 12.8. The molecule has 0 spiro atoms. The van der Waals surface area contributed by atoms with Gasteiger partial charge in [-0.05, 0) is 43.7 Å². The summed E-state index contributed by atoms with van der Waals surface area (Å²) in [5.41, 5.74) is 10.1. The second kappa shape index (κ2) is 7.58.